The summed E-state index contributed by atoms with van der Waals surface area (Å²) in [5.41, 5.74) is 4.16. The lowest BCUT2D eigenvalue weighted by Crippen LogP contribution is -2.29. The van der Waals surface area contributed by atoms with Gasteiger partial charge in [-0.1, -0.05) is 36.4 Å². The van der Waals surface area contributed by atoms with Crippen molar-refractivity contribution in [3.63, 3.8) is 0 Å². The first-order valence-electron chi connectivity index (χ1n) is 7.33. The molecule has 0 saturated carbocycles. The third-order valence-corrected chi connectivity index (χ3v) is 5.01. The maximum atomic E-state index is 12.6. The van der Waals surface area contributed by atoms with Crippen LogP contribution in [-0.4, -0.2) is 28.9 Å². The van der Waals surface area contributed by atoms with Crippen molar-refractivity contribution in [3.8, 4) is 0 Å². The van der Waals surface area contributed by atoms with E-state index in [-0.39, 0.29) is 5.91 Å². The van der Waals surface area contributed by atoms with Gasteiger partial charge in [-0.3, -0.25) is 4.79 Å². The molecular formula is C18H16N2OS. The number of amides is 1. The van der Waals surface area contributed by atoms with Crippen LogP contribution in [0.1, 0.15) is 20.9 Å². The van der Waals surface area contributed by atoms with Gasteiger partial charge < -0.3 is 9.88 Å². The van der Waals surface area contributed by atoms with Crippen molar-refractivity contribution in [2.24, 2.45) is 0 Å². The number of aromatic amines is 1. The summed E-state index contributed by atoms with van der Waals surface area (Å²) in [6.45, 7) is 3.43. The molecule has 3 aromatic rings. The molecule has 1 aliphatic rings. The number of rotatable bonds is 2. The van der Waals surface area contributed by atoms with Gasteiger partial charge in [-0.05, 0) is 30.2 Å². The van der Waals surface area contributed by atoms with E-state index in [1.54, 1.807) is 11.3 Å². The van der Waals surface area contributed by atoms with Crippen molar-refractivity contribution in [3.05, 3.63) is 64.7 Å². The Morgan fingerprint density at radius 1 is 1.23 bits per heavy atom. The number of benzene rings is 1. The monoisotopic (exact) mass is 308 g/mol. The van der Waals surface area contributed by atoms with Crippen molar-refractivity contribution in [1.82, 2.24) is 9.88 Å². The van der Waals surface area contributed by atoms with Crippen LogP contribution >= 0.6 is 11.3 Å². The number of nitrogens with one attached hydrogen (secondary N) is 1. The summed E-state index contributed by atoms with van der Waals surface area (Å²) in [6, 6.07) is 14.3. The number of carbonyl (C=O) groups excluding carboxylic acids is 1. The number of hydrogen-bond donors (Lipinski definition) is 1. The standard InChI is InChI=1S/C18H16N2OS/c1-12-9-15-17(22-12)10-16(19-15)18(21)20-8-7-14(11-20)13-5-3-2-4-6-13/h2-7,9-10,19H,8,11H2,1H3. The Morgan fingerprint density at radius 3 is 2.82 bits per heavy atom. The molecule has 0 spiro atoms. The van der Waals surface area contributed by atoms with Gasteiger partial charge >= 0.3 is 0 Å². The fourth-order valence-corrected chi connectivity index (χ4v) is 3.83. The van der Waals surface area contributed by atoms with Crippen LogP contribution < -0.4 is 0 Å². The third-order valence-electron chi connectivity index (χ3n) is 4.01. The molecule has 1 aromatic carbocycles. The van der Waals surface area contributed by atoms with Crippen LogP contribution in [0.5, 0.6) is 0 Å². The van der Waals surface area contributed by atoms with E-state index in [1.807, 2.05) is 29.2 Å². The second kappa shape index (κ2) is 5.14. The quantitative estimate of drug-likeness (QED) is 0.761. The van der Waals surface area contributed by atoms with E-state index < -0.39 is 0 Å². The number of fused-ring (bicyclic) bond motifs is 1. The summed E-state index contributed by atoms with van der Waals surface area (Å²) in [4.78, 5) is 19.0. The van der Waals surface area contributed by atoms with Gasteiger partial charge in [0.25, 0.3) is 5.91 Å². The van der Waals surface area contributed by atoms with Gasteiger partial charge in [-0.15, -0.1) is 11.3 Å². The van der Waals surface area contributed by atoms with Gasteiger partial charge in [0.1, 0.15) is 5.69 Å². The highest BCUT2D eigenvalue weighted by Crippen LogP contribution is 2.27. The Kier molecular flexibility index (Phi) is 3.12. The molecule has 3 nitrogen and oxygen atoms in total. The van der Waals surface area contributed by atoms with Gasteiger partial charge in [0.05, 0.1) is 10.2 Å². The van der Waals surface area contributed by atoms with Crippen LogP contribution in [0.2, 0.25) is 0 Å². The van der Waals surface area contributed by atoms with E-state index in [2.05, 4.69) is 36.2 Å². The van der Waals surface area contributed by atoms with Gasteiger partial charge in [0, 0.05) is 18.0 Å². The second-order valence-corrected chi connectivity index (χ2v) is 6.89. The number of carbonyl (C=O) groups is 1. The summed E-state index contributed by atoms with van der Waals surface area (Å²) in [5.74, 6) is 0.0724. The summed E-state index contributed by atoms with van der Waals surface area (Å²) >= 11 is 1.72. The summed E-state index contributed by atoms with van der Waals surface area (Å²) in [5, 5.41) is 0. The minimum atomic E-state index is 0.0724. The van der Waals surface area contributed by atoms with Crippen molar-refractivity contribution >= 4 is 33.0 Å². The van der Waals surface area contributed by atoms with Crippen LogP contribution in [0, 0.1) is 6.92 Å². The number of H-pyrrole nitrogens is 1. The maximum Gasteiger partial charge on any atom is 0.270 e. The van der Waals surface area contributed by atoms with E-state index in [9.17, 15) is 4.79 Å². The molecule has 0 unspecified atom stereocenters. The molecule has 0 atom stereocenters. The summed E-state index contributed by atoms with van der Waals surface area (Å²) in [7, 11) is 0. The first-order valence-corrected chi connectivity index (χ1v) is 8.15. The van der Waals surface area contributed by atoms with Crippen LogP contribution in [0.15, 0.2) is 48.5 Å². The molecule has 0 saturated heterocycles. The SMILES string of the molecule is Cc1cc2[nH]c(C(=O)N3CC=C(c4ccccc4)C3)cc2s1. The zero-order chi connectivity index (χ0) is 15.1. The van der Waals surface area contributed by atoms with Crippen LogP contribution in [-0.2, 0) is 0 Å². The first kappa shape index (κ1) is 13.3. The largest absolute Gasteiger partial charge is 0.350 e. The lowest BCUT2D eigenvalue weighted by molar-refractivity contribution is 0.0797. The minimum Gasteiger partial charge on any atom is -0.350 e. The number of aryl methyl sites for hydroxylation is 1. The van der Waals surface area contributed by atoms with E-state index in [1.165, 1.54) is 16.0 Å². The molecule has 0 radical (unpaired) electrons. The van der Waals surface area contributed by atoms with Crippen LogP contribution in [0.3, 0.4) is 0 Å². The third kappa shape index (κ3) is 2.25. The average molecular weight is 308 g/mol. The minimum absolute atomic E-state index is 0.0724. The lowest BCUT2D eigenvalue weighted by Gasteiger charge is -2.15. The summed E-state index contributed by atoms with van der Waals surface area (Å²) < 4.78 is 1.15. The number of nitrogens with zero attached hydrogens (tertiary/aromatic N) is 1. The molecule has 2 aromatic heterocycles. The van der Waals surface area contributed by atoms with Crippen molar-refractivity contribution in [2.45, 2.75) is 6.92 Å². The highest BCUT2D eigenvalue weighted by Gasteiger charge is 2.23. The Hall–Kier alpha value is -2.33. The topological polar surface area (TPSA) is 36.1 Å². The predicted octanol–water partition coefficient (Wildman–Crippen LogP) is 4.08. The van der Waals surface area contributed by atoms with E-state index in [4.69, 9.17) is 0 Å². The normalized spacial score (nSPS) is 14.6. The molecule has 4 heteroatoms. The van der Waals surface area contributed by atoms with Gasteiger partial charge in [0.2, 0.25) is 0 Å². The van der Waals surface area contributed by atoms with Gasteiger partial charge in [0.15, 0.2) is 0 Å². The molecule has 1 aliphatic heterocycles. The molecule has 110 valence electrons. The number of thiophene rings is 1. The highest BCUT2D eigenvalue weighted by molar-refractivity contribution is 7.19. The Balaban J connectivity index is 1.53. The van der Waals surface area contributed by atoms with E-state index >= 15 is 0 Å². The molecule has 0 fully saturated rings. The number of hydrogen-bond acceptors (Lipinski definition) is 2. The van der Waals surface area contributed by atoms with E-state index in [0.717, 1.165) is 10.2 Å². The second-order valence-electron chi connectivity index (χ2n) is 5.60. The molecule has 1 N–H and O–H groups in total. The van der Waals surface area contributed by atoms with Gasteiger partial charge in [-0.25, -0.2) is 0 Å². The first-order chi connectivity index (χ1) is 10.7. The van der Waals surface area contributed by atoms with Crippen molar-refractivity contribution < 1.29 is 4.79 Å². The zero-order valence-electron chi connectivity index (χ0n) is 12.3. The molecule has 4 rings (SSSR count). The molecule has 1 amide bonds. The fourth-order valence-electron chi connectivity index (χ4n) is 2.91. The average Bonchev–Trinajstić information content (AvgIpc) is 3.21. The Labute approximate surface area is 132 Å². The molecule has 0 aliphatic carbocycles. The zero-order valence-corrected chi connectivity index (χ0v) is 13.1. The van der Waals surface area contributed by atoms with Crippen LogP contribution in [0.25, 0.3) is 15.8 Å². The van der Waals surface area contributed by atoms with Crippen molar-refractivity contribution in [1.29, 1.82) is 0 Å². The Bertz CT molecular complexity index is 842. The lowest BCUT2D eigenvalue weighted by atomic mass is 10.1. The number of aromatic nitrogens is 1. The molecule has 0 bridgehead atoms. The molecule has 22 heavy (non-hydrogen) atoms. The highest BCUT2D eigenvalue weighted by atomic mass is 32.1. The Morgan fingerprint density at radius 2 is 2.05 bits per heavy atom. The van der Waals surface area contributed by atoms with Crippen molar-refractivity contribution in [2.75, 3.05) is 13.1 Å². The molecule has 3 heterocycles. The fraction of sp³-hybridized carbons (Fsp3) is 0.167. The van der Waals surface area contributed by atoms with Crippen LogP contribution in [0.4, 0.5) is 0 Å². The van der Waals surface area contributed by atoms with Gasteiger partial charge in [-0.2, -0.15) is 0 Å². The summed E-state index contributed by atoms with van der Waals surface area (Å²) in [6.07, 6.45) is 2.14. The predicted molar refractivity (Wildman–Crippen MR) is 91.2 cm³/mol. The maximum absolute atomic E-state index is 12.6. The smallest absolute Gasteiger partial charge is 0.270 e. The van der Waals surface area contributed by atoms with E-state index in [0.29, 0.717) is 18.8 Å². The molecular weight excluding hydrogens is 292 g/mol.